The van der Waals surface area contributed by atoms with Crippen molar-refractivity contribution in [2.24, 2.45) is 5.73 Å². The number of hydrogen-bond acceptors (Lipinski definition) is 3. The van der Waals surface area contributed by atoms with Crippen LogP contribution in [-0.4, -0.2) is 11.5 Å². The van der Waals surface area contributed by atoms with Crippen molar-refractivity contribution in [3.8, 4) is 0 Å². The molecule has 1 heterocycles. The molecule has 0 unspecified atom stereocenters. The van der Waals surface area contributed by atoms with Crippen molar-refractivity contribution >= 4 is 15.9 Å². The molecule has 4 heteroatoms. The largest absolute Gasteiger partial charge is 0.436 e. The third-order valence-electron chi connectivity index (χ3n) is 1.24. The number of halogens is 1. The van der Waals surface area contributed by atoms with E-state index >= 15 is 0 Å². The molecular formula is C6H9BrN2O. The Hall–Kier alpha value is -0.350. The zero-order chi connectivity index (χ0) is 7.56. The van der Waals surface area contributed by atoms with Gasteiger partial charge in [-0.15, -0.1) is 0 Å². The molecule has 0 saturated carbocycles. The van der Waals surface area contributed by atoms with Crippen LogP contribution >= 0.6 is 15.9 Å². The van der Waals surface area contributed by atoms with Gasteiger partial charge in [0.1, 0.15) is 5.76 Å². The van der Waals surface area contributed by atoms with Crippen molar-refractivity contribution in [1.29, 1.82) is 0 Å². The van der Waals surface area contributed by atoms with Crippen LogP contribution in [0.1, 0.15) is 11.5 Å². The molecule has 0 aliphatic rings. The molecule has 0 aromatic carbocycles. The summed E-state index contributed by atoms with van der Waals surface area (Å²) in [5, 5.41) is 0. The van der Waals surface area contributed by atoms with Crippen LogP contribution in [0.4, 0.5) is 0 Å². The van der Waals surface area contributed by atoms with Gasteiger partial charge in [-0.3, -0.25) is 0 Å². The maximum atomic E-state index is 5.34. The molecule has 0 spiro atoms. The van der Waals surface area contributed by atoms with Gasteiger partial charge in [0.25, 0.3) is 4.80 Å². The minimum absolute atomic E-state index is 0.536. The number of rotatable bonds is 2. The van der Waals surface area contributed by atoms with Gasteiger partial charge >= 0.3 is 0 Å². The Morgan fingerprint density at radius 2 is 2.40 bits per heavy atom. The van der Waals surface area contributed by atoms with Crippen molar-refractivity contribution in [3.05, 3.63) is 16.3 Å². The van der Waals surface area contributed by atoms with Crippen molar-refractivity contribution in [2.75, 3.05) is 6.54 Å². The zero-order valence-electron chi connectivity index (χ0n) is 5.72. The number of hydrogen-bond donors (Lipinski definition) is 1. The molecule has 0 saturated heterocycles. The Morgan fingerprint density at radius 3 is 2.80 bits per heavy atom. The molecule has 10 heavy (non-hydrogen) atoms. The molecule has 3 nitrogen and oxygen atoms in total. The molecule has 0 aliphatic heterocycles. The number of nitrogens with zero attached hydrogens (tertiary/aromatic N) is 1. The molecule has 1 aromatic rings. The predicted molar refractivity (Wildman–Crippen MR) is 41.7 cm³/mol. The summed E-state index contributed by atoms with van der Waals surface area (Å²) in [4.78, 5) is 4.56. The van der Waals surface area contributed by atoms with Crippen LogP contribution in [0.2, 0.25) is 0 Å². The van der Waals surface area contributed by atoms with E-state index in [1.807, 2.05) is 6.92 Å². The minimum atomic E-state index is 0.536. The molecule has 0 aliphatic carbocycles. The highest BCUT2D eigenvalue weighted by Crippen LogP contribution is 2.14. The highest BCUT2D eigenvalue weighted by molar-refractivity contribution is 9.10. The van der Waals surface area contributed by atoms with Crippen molar-refractivity contribution in [2.45, 2.75) is 13.3 Å². The first-order valence-corrected chi connectivity index (χ1v) is 3.85. The molecule has 1 aromatic heterocycles. The van der Waals surface area contributed by atoms with Gasteiger partial charge in [0.2, 0.25) is 0 Å². The molecule has 56 valence electrons. The standard InChI is InChI=1S/C6H9BrN2O/c1-4-5(2-3-8)10-6(7)9-4/h2-3,8H2,1H3. The second kappa shape index (κ2) is 3.16. The van der Waals surface area contributed by atoms with Gasteiger partial charge < -0.3 is 10.2 Å². The number of nitrogens with two attached hydrogens (primary N) is 1. The van der Waals surface area contributed by atoms with E-state index in [-0.39, 0.29) is 0 Å². The topological polar surface area (TPSA) is 52.0 Å². The Balaban J connectivity index is 2.81. The van der Waals surface area contributed by atoms with Crippen LogP contribution in [-0.2, 0) is 6.42 Å². The van der Waals surface area contributed by atoms with Gasteiger partial charge in [-0.2, -0.15) is 0 Å². The van der Waals surface area contributed by atoms with Crippen LogP contribution < -0.4 is 5.73 Å². The first-order chi connectivity index (χ1) is 4.74. The van der Waals surface area contributed by atoms with Gasteiger partial charge in [0, 0.05) is 22.4 Å². The predicted octanol–water partition coefficient (Wildman–Crippen LogP) is 1.25. The second-order valence-electron chi connectivity index (χ2n) is 2.01. The summed E-state index contributed by atoms with van der Waals surface area (Å²) < 4.78 is 5.18. The molecule has 2 N–H and O–H groups in total. The first-order valence-electron chi connectivity index (χ1n) is 3.06. The summed E-state index contributed by atoms with van der Waals surface area (Å²) in [6.45, 7) is 2.50. The number of aryl methyl sites for hydroxylation is 1. The van der Waals surface area contributed by atoms with E-state index in [0.29, 0.717) is 11.3 Å². The van der Waals surface area contributed by atoms with Crippen LogP contribution in [0.15, 0.2) is 9.22 Å². The lowest BCUT2D eigenvalue weighted by Crippen LogP contribution is -2.02. The maximum Gasteiger partial charge on any atom is 0.264 e. The lowest BCUT2D eigenvalue weighted by molar-refractivity contribution is 0.479. The first kappa shape index (κ1) is 7.75. The second-order valence-corrected chi connectivity index (χ2v) is 2.69. The summed E-state index contributed by atoms with van der Waals surface area (Å²) in [7, 11) is 0. The zero-order valence-corrected chi connectivity index (χ0v) is 7.31. The summed E-state index contributed by atoms with van der Waals surface area (Å²) in [5.41, 5.74) is 6.25. The lowest BCUT2D eigenvalue weighted by Gasteiger charge is -1.89. The average Bonchev–Trinajstić information content (AvgIpc) is 2.13. The highest BCUT2D eigenvalue weighted by Gasteiger charge is 2.04. The monoisotopic (exact) mass is 204 g/mol. The SMILES string of the molecule is Cc1nc(Br)oc1CCN. The highest BCUT2D eigenvalue weighted by atomic mass is 79.9. The Morgan fingerprint density at radius 1 is 1.70 bits per heavy atom. The lowest BCUT2D eigenvalue weighted by atomic mass is 10.3. The summed E-state index contributed by atoms with van der Waals surface area (Å²) in [6.07, 6.45) is 0.754. The van der Waals surface area contributed by atoms with Crippen molar-refractivity contribution in [3.63, 3.8) is 0 Å². The van der Waals surface area contributed by atoms with Crippen LogP contribution in [0.3, 0.4) is 0 Å². The summed E-state index contributed by atoms with van der Waals surface area (Å²) >= 11 is 3.13. The van der Waals surface area contributed by atoms with E-state index in [2.05, 4.69) is 20.9 Å². The smallest absolute Gasteiger partial charge is 0.264 e. The van der Waals surface area contributed by atoms with Crippen molar-refractivity contribution in [1.82, 2.24) is 4.98 Å². The van der Waals surface area contributed by atoms with E-state index < -0.39 is 0 Å². The Kier molecular flexibility index (Phi) is 2.45. The summed E-state index contributed by atoms with van der Waals surface area (Å²) in [5.74, 6) is 0.870. The number of oxazole rings is 1. The van der Waals surface area contributed by atoms with Crippen molar-refractivity contribution < 1.29 is 4.42 Å². The fourth-order valence-electron chi connectivity index (χ4n) is 0.756. The fourth-order valence-corrected chi connectivity index (χ4v) is 1.22. The quantitative estimate of drug-likeness (QED) is 0.790. The molecule has 1 rings (SSSR count). The molecule has 0 atom stereocenters. The average molecular weight is 205 g/mol. The summed E-state index contributed by atoms with van der Waals surface area (Å²) in [6, 6.07) is 0. The normalized spacial score (nSPS) is 10.3. The van der Waals surface area contributed by atoms with Gasteiger partial charge in [0.15, 0.2) is 0 Å². The molecule has 0 amide bonds. The third-order valence-corrected chi connectivity index (χ3v) is 1.58. The number of aromatic nitrogens is 1. The van der Waals surface area contributed by atoms with E-state index in [4.69, 9.17) is 10.2 Å². The van der Waals surface area contributed by atoms with Crippen LogP contribution in [0, 0.1) is 6.92 Å². The maximum absolute atomic E-state index is 5.34. The van der Waals surface area contributed by atoms with Crippen LogP contribution in [0.25, 0.3) is 0 Å². The molecule has 0 radical (unpaired) electrons. The molecule has 0 fully saturated rings. The minimum Gasteiger partial charge on any atom is -0.436 e. The van der Waals surface area contributed by atoms with E-state index in [1.165, 1.54) is 0 Å². The van der Waals surface area contributed by atoms with Gasteiger partial charge in [-0.25, -0.2) is 4.98 Å². The van der Waals surface area contributed by atoms with E-state index in [9.17, 15) is 0 Å². The molecule has 0 bridgehead atoms. The van der Waals surface area contributed by atoms with E-state index in [0.717, 1.165) is 17.9 Å². The van der Waals surface area contributed by atoms with Gasteiger partial charge in [0.05, 0.1) is 5.69 Å². The van der Waals surface area contributed by atoms with E-state index in [1.54, 1.807) is 0 Å². The van der Waals surface area contributed by atoms with Gasteiger partial charge in [-0.1, -0.05) is 0 Å². The van der Waals surface area contributed by atoms with Crippen LogP contribution in [0.5, 0.6) is 0 Å². The molecular weight excluding hydrogens is 196 g/mol. The Bertz CT molecular complexity index is 222. The van der Waals surface area contributed by atoms with Gasteiger partial charge in [-0.05, 0) is 13.5 Å². The fraction of sp³-hybridized carbons (Fsp3) is 0.500. The Labute approximate surface area is 67.7 Å². The third kappa shape index (κ3) is 1.58.